The minimum absolute atomic E-state index is 0.427. The molecule has 0 spiro atoms. The molecule has 0 aliphatic heterocycles. The Morgan fingerprint density at radius 2 is 2.14 bits per heavy atom. The molecular weight excluding hydrogens is 416 g/mol. The molecule has 0 radical (unpaired) electrons. The van der Waals surface area contributed by atoms with Crippen LogP contribution >= 0.6 is 15.9 Å². The van der Waals surface area contributed by atoms with E-state index in [2.05, 4.69) is 39.2 Å². The summed E-state index contributed by atoms with van der Waals surface area (Å²) in [4.78, 5) is 9.65. The van der Waals surface area contributed by atoms with Crippen LogP contribution in [0.1, 0.15) is 19.8 Å². The second kappa shape index (κ2) is 7.43. The number of imidazole rings is 1. The van der Waals surface area contributed by atoms with Crippen molar-refractivity contribution in [2.75, 3.05) is 7.11 Å². The number of nitrogens with zero attached hydrogens (tertiary/aromatic N) is 4. The Labute approximate surface area is 174 Å². The van der Waals surface area contributed by atoms with Gasteiger partial charge in [0.2, 0.25) is 0 Å². The minimum Gasteiger partial charge on any atom is -0.494 e. The first kappa shape index (κ1) is 17.5. The van der Waals surface area contributed by atoms with Crippen molar-refractivity contribution >= 4 is 38.0 Å². The van der Waals surface area contributed by atoms with E-state index in [1.165, 1.54) is 0 Å². The van der Waals surface area contributed by atoms with Crippen LogP contribution in [-0.4, -0.2) is 26.2 Å². The van der Waals surface area contributed by atoms with Crippen LogP contribution in [0.25, 0.3) is 33.6 Å². The number of aromatic nitrogens is 4. The van der Waals surface area contributed by atoms with Crippen molar-refractivity contribution < 1.29 is 6.11 Å². The lowest BCUT2D eigenvalue weighted by Gasteiger charge is -2.10. The van der Waals surface area contributed by atoms with Crippen molar-refractivity contribution in [1.29, 1.82) is 0 Å². The number of unbranched alkanes of at least 4 members (excludes halogenated alkanes) is 1. The van der Waals surface area contributed by atoms with E-state index in [1.807, 2.05) is 30.7 Å². The van der Waals surface area contributed by atoms with Crippen LogP contribution < -0.4 is 4.74 Å². The molecule has 0 aliphatic rings. The summed E-state index contributed by atoms with van der Waals surface area (Å²) in [6.45, 7) is 6.58. The number of benzene rings is 1. The van der Waals surface area contributed by atoms with Gasteiger partial charge in [0.25, 0.3) is 0 Å². The molecular formula is C22H23BrN4O. The second-order valence-corrected chi connectivity index (χ2v) is 7.65. The molecule has 0 N–H and O–H groups in total. The highest BCUT2D eigenvalue weighted by Gasteiger charge is 2.20. The van der Waals surface area contributed by atoms with Gasteiger partial charge in [0.1, 0.15) is 21.5 Å². The SMILES string of the molecule is [2H]c1cc(OC)c2c(nc(-c3cc4ccc(Br)nc4n3CCCC=C)n2C)c1C. The number of ether oxygens (including phenoxy) is 1. The number of allylic oxidation sites excluding steroid dienone is 1. The Morgan fingerprint density at radius 1 is 1.32 bits per heavy atom. The summed E-state index contributed by atoms with van der Waals surface area (Å²) in [6, 6.07) is 8.33. The van der Waals surface area contributed by atoms with Crippen LogP contribution in [-0.2, 0) is 13.6 Å². The van der Waals surface area contributed by atoms with Crippen molar-refractivity contribution in [1.82, 2.24) is 19.1 Å². The molecule has 0 amide bonds. The highest BCUT2D eigenvalue weighted by atomic mass is 79.9. The third-order valence-electron chi connectivity index (χ3n) is 5.05. The highest BCUT2D eigenvalue weighted by Crippen LogP contribution is 2.34. The van der Waals surface area contributed by atoms with Crippen molar-refractivity contribution in [3.8, 4) is 17.3 Å². The maximum atomic E-state index is 8.24. The van der Waals surface area contributed by atoms with Crippen LogP contribution in [0.4, 0.5) is 0 Å². The number of rotatable bonds is 6. The summed E-state index contributed by atoms with van der Waals surface area (Å²) in [5, 5.41) is 1.07. The summed E-state index contributed by atoms with van der Waals surface area (Å²) >= 11 is 3.49. The zero-order valence-corrected chi connectivity index (χ0v) is 17.9. The Hall–Kier alpha value is -2.60. The van der Waals surface area contributed by atoms with Crippen molar-refractivity contribution in [2.24, 2.45) is 7.05 Å². The molecule has 0 aliphatic carbocycles. The first-order chi connectivity index (χ1) is 14.0. The standard InChI is InChI=1S/C22H23BrN4O/c1-5-6-7-12-27-16(13-15-9-11-18(23)24-21(15)27)22-25-19-14(2)8-10-17(28-4)20(19)26(22)3/h5,8-11,13H,1,6-7,12H2,2-4H3/i8D. The molecule has 6 heteroatoms. The van der Waals surface area contributed by atoms with Gasteiger partial charge < -0.3 is 13.9 Å². The van der Waals surface area contributed by atoms with Gasteiger partial charge in [-0.1, -0.05) is 12.1 Å². The predicted octanol–water partition coefficient (Wildman–Crippen LogP) is 5.64. The van der Waals surface area contributed by atoms with Gasteiger partial charge in [0.15, 0.2) is 5.82 Å². The van der Waals surface area contributed by atoms with Gasteiger partial charge >= 0.3 is 0 Å². The first-order valence-corrected chi connectivity index (χ1v) is 10.0. The molecule has 0 saturated carbocycles. The summed E-state index contributed by atoms with van der Waals surface area (Å²) in [5.41, 5.74) is 4.46. The van der Waals surface area contributed by atoms with Gasteiger partial charge in [0, 0.05) is 19.0 Å². The summed E-state index contributed by atoms with van der Waals surface area (Å²) < 4.78 is 18.9. The van der Waals surface area contributed by atoms with Crippen LogP contribution in [0.5, 0.6) is 5.75 Å². The van der Waals surface area contributed by atoms with E-state index in [1.54, 1.807) is 13.2 Å². The molecule has 0 saturated heterocycles. The average Bonchev–Trinajstić information content (AvgIpc) is 3.23. The molecule has 0 atom stereocenters. The van der Waals surface area contributed by atoms with E-state index in [9.17, 15) is 0 Å². The lowest BCUT2D eigenvalue weighted by Crippen LogP contribution is -2.04. The molecule has 4 rings (SSSR count). The van der Waals surface area contributed by atoms with E-state index in [0.717, 1.165) is 63.1 Å². The van der Waals surface area contributed by atoms with Gasteiger partial charge in [-0.15, -0.1) is 6.58 Å². The zero-order chi connectivity index (χ0) is 20.7. The number of hydrogen-bond donors (Lipinski definition) is 0. The van der Waals surface area contributed by atoms with Gasteiger partial charge in [-0.3, -0.25) is 0 Å². The molecule has 3 aromatic heterocycles. The second-order valence-electron chi connectivity index (χ2n) is 6.83. The number of halogens is 1. The fraction of sp³-hybridized carbons (Fsp3) is 0.273. The predicted molar refractivity (Wildman–Crippen MR) is 118 cm³/mol. The molecule has 3 heterocycles. The third kappa shape index (κ3) is 3.02. The normalized spacial score (nSPS) is 11.9. The van der Waals surface area contributed by atoms with Gasteiger partial charge in [-0.2, -0.15) is 0 Å². The van der Waals surface area contributed by atoms with Crippen molar-refractivity contribution in [2.45, 2.75) is 26.3 Å². The number of fused-ring (bicyclic) bond motifs is 2. The highest BCUT2D eigenvalue weighted by molar-refractivity contribution is 9.10. The number of pyridine rings is 1. The van der Waals surface area contributed by atoms with Crippen LogP contribution in [0.15, 0.2) is 47.6 Å². The van der Waals surface area contributed by atoms with Gasteiger partial charge in [-0.05, 0) is 65.5 Å². The van der Waals surface area contributed by atoms with Crippen LogP contribution in [0, 0.1) is 6.92 Å². The van der Waals surface area contributed by atoms with E-state index in [4.69, 9.17) is 16.1 Å². The minimum atomic E-state index is 0.427. The smallest absolute Gasteiger partial charge is 0.157 e. The molecule has 4 aromatic rings. The Balaban J connectivity index is 2.00. The third-order valence-corrected chi connectivity index (χ3v) is 5.49. The van der Waals surface area contributed by atoms with Crippen LogP contribution in [0.3, 0.4) is 0 Å². The largest absolute Gasteiger partial charge is 0.494 e. The molecule has 144 valence electrons. The molecule has 0 fully saturated rings. The topological polar surface area (TPSA) is 44.9 Å². The van der Waals surface area contributed by atoms with Gasteiger partial charge in [-0.25, -0.2) is 9.97 Å². The Bertz CT molecular complexity index is 1240. The fourth-order valence-corrected chi connectivity index (χ4v) is 3.95. The maximum Gasteiger partial charge on any atom is 0.157 e. The zero-order valence-electron chi connectivity index (χ0n) is 17.3. The summed E-state index contributed by atoms with van der Waals surface area (Å²) in [6.07, 6.45) is 3.84. The molecule has 0 unspecified atom stereocenters. The van der Waals surface area contributed by atoms with Crippen molar-refractivity contribution in [3.05, 3.63) is 53.1 Å². The average molecular weight is 440 g/mol. The van der Waals surface area contributed by atoms with Crippen molar-refractivity contribution in [3.63, 3.8) is 0 Å². The number of hydrogen-bond acceptors (Lipinski definition) is 3. The molecule has 28 heavy (non-hydrogen) atoms. The molecule has 1 aromatic carbocycles. The Morgan fingerprint density at radius 3 is 2.89 bits per heavy atom. The summed E-state index contributed by atoms with van der Waals surface area (Å²) in [5.74, 6) is 1.49. The number of methoxy groups -OCH3 is 1. The van der Waals surface area contributed by atoms with E-state index in [-0.39, 0.29) is 0 Å². The summed E-state index contributed by atoms with van der Waals surface area (Å²) in [7, 11) is 3.62. The molecule has 0 bridgehead atoms. The first-order valence-electron chi connectivity index (χ1n) is 9.74. The monoisotopic (exact) mass is 439 g/mol. The number of aryl methyl sites for hydroxylation is 3. The van der Waals surface area contributed by atoms with Crippen LogP contribution in [0.2, 0.25) is 0 Å². The lowest BCUT2D eigenvalue weighted by molar-refractivity contribution is 0.418. The van der Waals surface area contributed by atoms with E-state index >= 15 is 0 Å². The quantitative estimate of drug-likeness (QED) is 0.222. The maximum absolute atomic E-state index is 8.24. The van der Waals surface area contributed by atoms with Gasteiger partial charge in [0.05, 0.1) is 19.7 Å². The Kier molecular flexibility index (Phi) is 4.64. The lowest BCUT2D eigenvalue weighted by atomic mass is 10.2. The van der Waals surface area contributed by atoms with E-state index in [0.29, 0.717) is 11.8 Å². The van der Waals surface area contributed by atoms with E-state index < -0.39 is 0 Å². The fourth-order valence-electron chi connectivity index (χ4n) is 3.65. The molecule has 5 nitrogen and oxygen atoms in total.